The van der Waals surface area contributed by atoms with Crippen molar-refractivity contribution in [3.8, 4) is 0 Å². The Labute approximate surface area is 103 Å². The Hall–Kier alpha value is -1.88. The van der Waals surface area contributed by atoms with Gasteiger partial charge in [0.15, 0.2) is 0 Å². The number of benzene rings is 1. The minimum atomic E-state index is 0.816. The number of fused-ring (bicyclic) bond motifs is 1. The number of rotatable bonds is 3. The van der Waals surface area contributed by atoms with Crippen molar-refractivity contribution in [2.24, 2.45) is 0 Å². The van der Waals surface area contributed by atoms with E-state index >= 15 is 0 Å². The highest BCUT2D eigenvalue weighted by Gasteiger charge is 2.02. The first kappa shape index (κ1) is 10.3. The van der Waals surface area contributed by atoms with E-state index in [1.807, 2.05) is 18.6 Å². The molecule has 5 heteroatoms. The SMILES string of the molecule is Cc1ncsc1CNc1ccc2cn[nH]c2c1. The van der Waals surface area contributed by atoms with Gasteiger partial charge in [0.25, 0.3) is 0 Å². The fraction of sp³-hybridized carbons (Fsp3) is 0.167. The molecule has 0 saturated carbocycles. The molecule has 86 valence electrons. The highest BCUT2D eigenvalue weighted by Crippen LogP contribution is 2.19. The summed E-state index contributed by atoms with van der Waals surface area (Å²) < 4.78 is 0. The summed E-state index contributed by atoms with van der Waals surface area (Å²) in [4.78, 5) is 5.51. The molecule has 3 rings (SSSR count). The molecule has 0 unspecified atom stereocenters. The third-order valence-corrected chi connectivity index (χ3v) is 3.67. The molecule has 0 spiro atoms. The number of hydrogen-bond donors (Lipinski definition) is 2. The average molecular weight is 244 g/mol. The Morgan fingerprint density at radius 1 is 1.41 bits per heavy atom. The second kappa shape index (κ2) is 4.18. The van der Waals surface area contributed by atoms with Crippen LogP contribution in [-0.4, -0.2) is 15.2 Å². The van der Waals surface area contributed by atoms with Crippen molar-refractivity contribution >= 4 is 27.9 Å². The Balaban J connectivity index is 1.78. The lowest BCUT2D eigenvalue weighted by Gasteiger charge is -2.05. The second-order valence-electron chi connectivity index (χ2n) is 3.89. The maximum absolute atomic E-state index is 4.23. The Morgan fingerprint density at radius 3 is 3.18 bits per heavy atom. The van der Waals surface area contributed by atoms with Crippen LogP contribution in [0.3, 0.4) is 0 Å². The van der Waals surface area contributed by atoms with E-state index in [1.54, 1.807) is 11.3 Å². The van der Waals surface area contributed by atoms with E-state index < -0.39 is 0 Å². The molecular weight excluding hydrogens is 232 g/mol. The highest BCUT2D eigenvalue weighted by molar-refractivity contribution is 7.09. The minimum Gasteiger partial charge on any atom is -0.380 e. The fourth-order valence-electron chi connectivity index (χ4n) is 1.73. The molecule has 4 nitrogen and oxygen atoms in total. The first-order valence-electron chi connectivity index (χ1n) is 5.39. The van der Waals surface area contributed by atoms with Gasteiger partial charge in [-0.15, -0.1) is 11.3 Å². The standard InChI is InChI=1S/C12H12N4S/c1-8-12(17-7-14-8)6-13-10-3-2-9-5-15-16-11(9)4-10/h2-5,7,13H,6H2,1H3,(H,15,16). The lowest BCUT2D eigenvalue weighted by Crippen LogP contribution is -1.98. The van der Waals surface area contributed by atoms with Crippen molar-refractivity contribution in [2.45, 2.75) is 13.5 Å². The molecule has 0 aliphatic heterocycles. The number of nitrogens with zero attached hydrogens (tertiary/aromatic N) is 2. The van der Waals surface area contributed by atoms with Gasteiger partial charge in [-0.25, -0.2) is 4.98 Å². The van der Waals surface area contributed by atoms with Crippen LogP contribution in [0.1, 0.15) is 10.6 Å². The van der Waals surface area contributed by atoms with Crippen molar-refractivity contribution in [3.05, 3.63) is 40.5 Å². The Kier molecular flexibility index (Phi) is 2.53. The van der Waals surface area contributed by atoms with Crippen LogP contribution >= 0.6 is 11.3 Å². The van der Waals surface area contributed by atoms with Gasteiger partial charge >= 0.3 is 0 Å². The first-order valence-corrected chi connectivity index (χ1v) is 6.27. The number of aromatic amines is 1. The van der Waals surface area contributed by atoms with E-state index in [4.69, 9.17) is 0 Å². The predicted molar refractivity (Wildman–Crippen MR) is 70.3 cm³/mol. The maximum atomic E-state index is 4.23. The normalized spacial score (nSPS) is 10.9. The highest BCUT2D eigenvalue weighted by atomic mass is 32.1. The zero-order valence-corrected chi connectivity index (χ0v) is 10.2. The number of aryl methyl sites for hydroxylation is 1. The van der Waals surface area contributed by atoms with E-state index in [-0.39, 0.29) is 0 Å². The Morgan fingerprint density at radius 2 is 2.35 bits per heavy atom. The second-order valence-corrected chi connectivity index (χ2v) is 4.83. The lowest BCUT2D eigenvalue weighted by atomic mass is 10.2. The van der Waals surface area contributed by atoms with Gasteiger partial charge in [0.2, 0.25) is 0 Å². The maximum Gasteiger partial charge on any atom is 0.0798 e. The number of thiazole rings is 1. The zero-order chi connectivity index (χ0) is 11.7. The summed E-state index contributed by atoms with van der Waals surface area (Å²) in [6.45, 7) is 2.85. The molecular formula is C12H12N4S. The van der Waals surface area contributed by atoms with Crippen LogP contribution in [0, 0.1) is 6.92 Å². The van der Waals surface area contributed by atoms with Crippen molar-refractivity contribution in [1.82, 2.24) is 15.2 Å². The summed E-state index contributed by atoms with van der Waals surface area (Å²) in [6.07, 6.45) is 1.83. The molecule has 0 saturated heterocycles. The average Bonchev–Trinajstić information content (AvgIpc) is 2.94. The van der Waals surface area contributed by atoms with Gasteiger partial charge in [0.1, 0.15) is 0 Å². The molecule has 0 fully saturated rings. The molecule has 2 aromatic heterocycles. The van der Waals surface area contributed by atoms with Crippen LogP contribution < -0.4 is 5.32 Å². The largest absolute Gasteiger partial charge is 0.380 e. The van der Waals surface area contributed by atoms with Gasteiger partial charge in [-0.2, -0.15) is 5.10 Å². The van der Waals surface area contributed by atoms with E-state index in [0.717, 1.165) is 28.8 Å². The van der Waals surface area contributed by atoms with Gasteiger partial charge in [0.05, 0.1) is 29.5 Å². The fourth-order valence-corrected chi connectivity index (χ4v) is 2.44. The van der Waals surface area contributed by atoms with Crippen LogP contribution in [0.5, 0.6) is 0 Å². The molecule has 0 amide bonds. The molecule has 0 aliphatic rings. The number of H-pyrrole nitrogens is 1. The van der Waals surface area contributed by atoms with E-state index in [9.17, 15) is 0 Å². The molecule has 0 radical (unpaired) electrons. The third kappa shape index (κ3) is 2.01. The minimum absolute atomic E-state index is 0.816. The summed E-state index contributed by atoms with van der Waals surface area (Å²) >= 11 is 1.68. The van der Waals surface area contributed by atoms with Crippen molar-refractivity contribution in [1.29, 1.82) is 0 Å². The van der Waals surface area contributed by atoms with Crippen molar-refractivity contribution in [3.63, 3.8) is 0 Å². The number of anilines is 1. The van der Waals surface area contributed by atoms with Gasteiger partial charge in [-0.05, 0) is 25.1 Å². The van der Waals surface area contributed by atoms with E-state index in [2.05, 4.69) is 38.7 Å². The molecule has 17 heavy (non-hydrogen) atoms. The summed E-state index contributed by atoms with van der Waals surface area (Å²) in [5.41, 5.74) is 5.13. The zero-order valence-electron chi connectivity index (χ0n) is 9.40. The lowest BCUT2D eigenvalue weighted by molar-refractivity contribution is 1.11. The topological polar surface area (TPSA) is 53.6 Å². The molecule has 0 aliphatic carbocycles. The van der Waals surface area contributed by atoms with E-state index in [1.165, 1.54) is 4.88 Å². The number of hydrogen-bond acceptors (Lipinski definition) is 4. The van der Waals surface area contributed by atoms with Crippen molar-refractivity contribution in [2.75, 3.05) is 5.32 Å². The van der Waals surface area contributed by atoms with E-state index in [0.29, 0.717) is 0 Å². The van der Waals surface area contributed by atoms with Gasteiger partial charge in [0, 0.05) is 16.0 Å². The Bertz CT molecular complexity index is 641. The number of aromatic nitrogens is 3. The van der Waals surface area contributed by atoms with Gasteiger partial charge in [-0.3, -0.25) is 5.10 Å². The summed E-state index contributed by atoms with van der Waals surface area (Å²) in [5.74, 6) is 0. The molecule has 2 heterocycles. The molecule has 1 aromatic carbocycles. The quantitative estimate of drug-likeness (QED) is 0.744. The molecule has 3 aromatic rings. The summed E-state index contributed by atoms with van der Waals surface area (Å²) in [6, 6.07) is 6.19. The third-order valence-electron chi connectivity index (χ3n) is 2.74. The summed E-state index contributed by atoms with van der Waals surface area (Å²) in [5, 5.41) is 11.5. The molecule has 0 bridgehead atoms. The molecule has 2 N–H and O–H groups in total. The number of nitrogens with one attached hydrogen (secondary N) is 2. The van der Waals surface area contributed by atoms with Gasteiger partial charge < -0.3 is 5.32 Å². The van der Waals surface area contributed by atoms with Gasteiger partial charge in [-0.1, -0.05) is 0 Å². The van der Waals surface area contributed by atoms with Crippen LogP contribution in [-0.2, 0) is 6.54 Å². The summed E-state index contributed by atoms with van der Waals surface area (Å²) in [7, 11) is 0. The smallest absolute Gasteiger partial charge is 0.0798 e. The molecule has 0 atom stereocenters. The van der Waals surface area contributed by atoms with Crippen LogP contribution in [0.25, 0.3) is 10.9 Å². The van der Waals surface area contributed by atoms with Crippen LogP contribution in [0.2, 0.25) is 0 Å². The first-order chi connectivity index (χ1) is 8.33. The monoisotopic (exact) mass is 244 g/mol. The van der Waals surface area contributed by atoms with Crippen LogP contribution in [0.4, 0.5) is 5.69 Å². The van der Waals surface area contributed by atoms with Crippen molar-refractivity contribution < 1.29 is 0 Å². The predicted octanol–water partition coefficient (Wildman–Crippen LogP) is 2.94. The van der Waals surface area contributed by atoms with Crippen LogP contribution in [0.15, 0.2) is 29.9 Å².